The molecule has 0 unspecified atom stereocenters. The molecule has 6 heteroatoms. The van der Waals surface area contributed by atoms with Gasteiger partial charge in [-0.1, -0.05) is 12.1 Å². The minimum Gasteiger partial charge on any atom is -0.396 e. The van der Waals surface area contributed by atoms with Crippen LogP contribution in [0.3, 0.4) is 0 Å². The second-order valence-corrected chi connectivity index (χ2v) is 7.32. The van der Waals surface area contributed by atoms with E-state index in [0.29, 0.717) is 17.9 Å². The van der Waals surface area contributed by atoms with E-state index in [1.807, 2.05) is 6.26 Å². The number of unbranched alkanes of at least 4 members (excludes halogenated alkanes) is 1. The van der Waals surface area contributed by atoms with E-state index in [4.69, 9.17) is 5.11 Å². The predicted octanol–water partition coefficient (Wildman–Crippen LogP) is 2.03. The van der Waals surface area contributed by atoms with E-state index >= 15 is 0 Å². The minimum atomic E-state index is -3.39. The molecule has 0 saturated heterocycles. The number of thioether (sulfide) groups is 1. The number of benzene rings is 1. The van der Waals surface area contributed by atoms with Crippen molar-refractivity contribution in [2.24, 2.45) is 0 Å². The van der Waals surface area contributed by atoms with Gasteiger partial charge >= 0.3 is 0 Å². The van der Waals surface area contributed by atoms with Gasteiger partial charge in [-0.05, 0) is 55.4 Å². The summed E-state index contributed by atoms with van der Waals surface area (Å²) < 4.78 is 26.7. The lowest BCUT2D eigenvalue weighted by Gasteiger charge is -2.07. The largest absolute Gasteiger partial charge is 0.396 e. The van der Waals surface area contributed by atoms with Gasteiger partial charge in [0, 0.05) is 13.2 Å². The van der Waals surface area contributed by atoms with Gasteiger partial charge in [-0.25, -0.2) is 13.1 Å². The molecule has 0 spiro atoms. The molecular weight excluding hydrogens is 294 g/mol. The van der Waals surface area contributed by atoms with Gasteiger partial charge in [0.15, 0.2) is 0 Å². The smallest absolute Gasteiger partial charge is 0.240 e. The van der Waals surface area contributed by atoms with Crippen molar-refractivity contribution in [2.75, 3.05) is 25.2 Å². The lowest BCUT2D eigenvalue weighted by molar-refractivity contribution is 0.288. The molecule has 0 bridgehead atoms. The van der Waals surface area contributed by atoms with E-state index in [2.05, 4.69) is 4.72 Å². The SMILES string of the molecule is CSCCCCNS(=O)(=O)c1ccc(CCCO)cc1. The van der Waals surface area contributed by atoms with Crippen LogP contribution >= 0.6 is 11.8 Å². The fourth-order valence-corrected chi connectivity index (χ4v) is 3.35. The number of aliphatic hydroxyl groups is 1. The standard InChI is InChI=1S/C14H23NO3S2/c1-19-12-3-2-10-15-20(17,18)14-8-6-13(7-9-14)5-4-11-16/h6-9,15-16H,2-5,10-12H2,1H3. The maximum absolute atomic E-state index is 12.0. The molecule has 1 aromatic carbocycles. The van der Waals surface area contributed by atoms with Crippen molar-refractivity contribution < 1.29 is 13.5 Å². The second kappa shape index (κ2) is 9.39. The third-order valence-electron chi connectivity index (χ3n) is 2.92. The predicted molar refractivity (Wildman–Crippen MR) is 84.7 cm³/mol. The fraction of sp³-hybridized carbons (Fsp3) is 0.571. The number of nitrogens with one attached hydrogen (secondary N) is 1. The number of hydrogen-bond donors (Lipinski definition) is 2. The van der Waals surface area contributed by atoms with E-state index in [9.17, 15) is 8.42 Å². The summed E-state index contributed by atoms with van der Waals surface area (Å²) >= 11 is 1.77. The second-order valence-electron chi connectivity index (χ2n) is 4.57. The van der Waals surface area contributed by atoms with Crippen LogP contribution in [-0.2, 0) is 16.4 Å². The number of sulfonamides is 1. The highest BCUT2D eigenvalue weighted by atomic mass is 32.2. The van der Waals surface area contributed by atoms with Gasteiger partial charge < -0.3 is 5.11 Å². The summed E-state index contributed by atoms with van der Waals surface area (Å²) in [4.78, 5) is 0.301. The first-order valence-electron chi connectivity index (χ1n) is 6.78. The molecule has 0 amide bonds. The summed E-state index contributed by atoms with van der Waals surface area (Å²) in [5, 5.41) is 8.76. The van der Waals surface area contributed by atoms with Crippen LogP contribution in [0.2, 0.25) is 0 Å². The van der Waals surface area contributed by atoms with Crippen molar-refractivity contribution >= 4 is 21.8 Å². The molecule has 0 aliphatic carbocycles. The van der Waals surface area contributed by atoms with Crippen molar-refractivity contribution in [1.29, 1.82) is 0 Å². The van der Waals surface area contributed by atoms with Crippen molar-refractivity contribution in [3.05, 3.63) is 29.8 Å². The van der Waals surface area contributed by atoms with Gasteiger partial charge in [-0.2, -0.15) is 11.8 Å². The van der Waals surface area contributed by atoms with Crippen LogP contribution in [0.1, 0.15) is 24.8 Å². The van der Waals surface area contributed by atoms with E-state index in [1.54, 1.807) is 36.0 Å². The molecule has 0 fully saturated rings. The third-order valence-corrected chi connectivity index (χ3v) is 5.10. The zero-order chi connectivity index (χ0) is 14.8. The number of aliphatic hydroxyl groups excluding tert-OH is 1. The lowest BCUT2D eigenvalue weighted by Crippen LogP contribution is -2.24. The molecule has 1 aromatic rings. The van der Waals surface area contributed by atoms with Crippen LogP contribution < -0.4 is 4.72 Å². The summed E-state index contributed by atoms with van der Waals surface area (Å²) in [5.74, 6) is 1.06. The number of rotatable bonds is 10. The molecule has 0 radical (unpaired) electrons. The van der Waals surface area contributed by atoms with Crippen LogP contribution in [-0.4, -0.2) is 38.7 Å². The molecule has 2 N–H and O–H groups in total. The molecule has 0 heterocycles. The normalized spacial score (nSPS) is 11.7. The highest BCUT2D eigenvalue weighted by Crippen LogP contribution is 2.12. The maximum Gasteiger partial charge on any atom is 0.240 e. The fourth-order valence-electron chi connectivity index (χ4n) is 1.78. The number of hydrogen-bond acceptors (Lipinski definition) is 4. The number of aryl methyl sites for hydroxylation is 1. The van der Waals surface area contributed by atoms with Crippen molar-refractivity contribution in [1.82, 2.24) is 4.72 Å². The molecule has 1 rings (SSSR count). The van der Waals surface area contributed by atoms with E-state index in [0.717, 1.165) is 30.6 Å². The maximum atomic E-state index is 12.0. The zero-order valence-corrected chi connectivity index (χ0v) is 13.5. The Balaban J connectivity index is 2.50. The Morgan fingerprint density at radius 1 is 1.15 bits per heavy atom. The molecule has 0 saturated carbocycles. The van der Waals surface area contributed by atoms with Crippen molar-refractivity contribution in [2.45, 2.75) is 30.6 Å². The minimum absolute atomic E-state index is 0.150. The summed E-state index contributed by atoms with van der Waals surface area (Å²) in [7, 11) is -3.39. The highest BCUT2D eigenvalue weighted by Gasteiger charge is 2.12. The molecule has 0 aromatic heterocycles. The molecular formula is C14H23NO3S2. The molecule has 4 nitrogen and oxygen atoms in total. The summed E-state index contributed by atoms with van der Waals surface area (Å²) in [6.07, 6.45) is 5.37. The van der Waals surface area contributed by atoms with Crippen molar-refractivity contribution in [3.8, 4) is 0 Å². The molecule has 114 valence electrons. The summed E-state index contributed by atoms with van der Waals surface area (Å²) in [5.41, 5.74) is 1.04. The van der Waals surface area contributed by atoms with Gasteiger partial charge in [0.1, 0.15) is 0 Å². The quantitative estimate of drug-likeness (QED) is 0.648. The molecule has 20 heavy (non-hydrogen) atoms. The van der Waals surface area contributed by atoms with Crippen LogP contribution in [0.25, 0.3) is 0 Å². The molecule has 0 atom stereocenters. The topological polar surface area (TPSA) is 66.4 Å². The van der Waals surface area contributed by atoms with Crippen molar-refractivity contribution in [3.63, 3.8) is 0 Å². The first-order valence-corrected chi connectivity index (χ1v) is 9.66. The van der Waals surface area contributed by atoms with E-state index in [-0.39, 0.29) is 6.61 Å². The van der Waals surface area contributed by atoms with Crippen LogP contribution in [0.4, 0.5) is 0 Å². The molecule has 0 aliphatic rings. The van der Waals surface area contributed by atoms with E-state index in [1.165, 1.54) is 0 Å². The van der Waals surface area contributed by atoms with Gasteiger partial charge in [0.2, 0.25) is 10.0 Å². The van der Waals surface area contributed by atoms with Crippen LogP contribution in [0, 0.1) is 0 Å². The van der Waals surface area contributed by atoms with Crippen LogP contribution in [0.5, 0.6) is 0 Å². The third kappa shape index (κ3) is 6.26. The molecule has 0 aliphatic heterocycles. The Morgan fingerprint density at radius 2 is 1.85 bits per heavy atom. The monoisotopic (exact) mass is 317 g/mol. The Bertz CT molecular complexity index is 472. The van der Waals surface area contributed by atoms with Crippen LogP contribution in [0.15, 0.2) is 29.2 Å². The van der Waals surface area contributed by atoms with E-state index < -0.39 is 10.0 Å². The first-order chi connectivity index (χ1) is 9.60. The average molecular weight is 317 g/mol. The Kier molecular flexibility index (Phi) is 8.21. The average Bonchev–Trinajstić information content (AvgIpc) is 2.45. The summed E-state index contributed by atoms with van der Waals surface area (Å²) in [6, 6.07) is 6.85. The Morgan fingerprint density at radius 3 is 2.45 bits per heavy atom. The lowest BCUT2D eigenvalue weighted by atomic mass is 10.1. The van der Waals surface area contributed by atoms with Gasteiger partial charge in [0.05, 0.1) is 4.90 Å². The summed E-state index contributed by atoms with van der Waals surface area (Å²) in [6.45, 7) is 0.632. The zero-order valence-electron chi connectivity index (χ0n) is 11.8. The first kappa shape index (κ1) is 17.5. The van der Waals surface area contributed by atoms with Gasteiger partial charge in [-0.15, -0.1) is 0 Å². The van der Waals surface area contributed by atoms with Gasteiger partial charge in [0.25, 0.3) is 0 Å². The Hall–Kier alpha value is -0.560. The van der Waals surface area contributed by atoms with Gasteiger partial charge in [-0.3, -0.25) is 0 Å². The highest BCUT2D eigenvalue weighted by molar-refractivity contribution is 7.98. The Labute approximate surface area is 126 Å².